The molecule has 0 radical (unpaired) electrons. The Morgan fingerprint density at radius 1 is 1.31 bits per heavy atom. The molecule has 1 heterocycles. The number of rotatable bonds is 9. The Bertz CT molecular complexity index is 786. The summed E-state index contributed by atoms with van der Waals surface area (Å²) >= 11 is 2.18. The first-order valence-electron chi connectivity index (χ1n) is 7.98. The highest BCUT2D eigenvalue weighted by Gasteiger charge is 2.13. The second-order valence-electron chi connectivity index (χ2n) is 5.62. The van der Waals surface area contributed by atoms with Crippen LogP contribution in [0.3, 0.4) is 0 Å². The molecule has 0 aliphatic heterocycles. The monoisotopic (exact) mass is 472 g/mol. The number of aliphatic carboxylic acids is 1. The van der Waals surface area contributed by atoms with E-state index in [9.17, 15) is 4.79 Å². The van der Waals surface area contributed by atoms with Crippen molar-refractivity contribution in [3.05, 3.63) is 33.0 Å². The van der Waals surface area contributed by atoms with E-state index in [1.54, 1.807) is 13.3 Å². The van der Waals surface area contributed by atoms with Gasteiger partial charge in [-0.2, -0.15) is 4.98 Å². The fourth-order valence-electron chi connectivity index (χ4n) is 2.36. The second-order valence-corrected chi connectivity index (χ2v) is 6.79. The number of unbranched alkanes of at least 4 members (excludes halogenated alkanes) is 1. The smallest absolute Gasteiger partial charge is 0.303 e. The summed E-state index contributed by atoms with van der Waals surface area (Å²) in [7, 11) is 1.58. The highest BCUT2D eigenvalue weighted by Crippen LogP contribution is 2.35. The van der Waals surface area contributed by atoms with Crippen LogP contribution in [0.4, 0.5) is 11.8 Å². The van der Waals surface area contributed by atoms with E-state index in [-0.39, 0.29) is 12.4 Å². The lowest BCUT2D eigenvalue weighted by atomic mass is 10.1. The summed E-state index contributed by atoms with van der Waals surface area (Å²) in [6, 6.07) is 3.86. The predicted molar refractivity (Wildman–Crippen MR) is 106 cm³/mol. The number of nitrogens with zero attached hydrogens (tertiary/aromatic N) is 2. The molecule has 0 spiro atoms. The largest absolute Gasteiger partial charge is 0.493 e. The van der Waals surface area contributed by atoms with Gasteiger partial charge >= 0.3 is 5.97 Å². The maximum atomic E-state index is 10.5. The average Bonchev–Trinajstić information content (AvgIpc) is 2.58. The van der Waals surface area contributed by atoms with Crippen LogP contribution in [0.2, 0.25) is 0 Å². The Labute approximate surface area is 165 Å². The number of aromatic nitrogens is 2. The fraction of sp³-hybridized carbons (Fsp3) is 0.353. The fourth-order valence-corrected chi connectivity index (χ4v) is 3.18. The first kappa shape index (κ1) is 20.0. The predicted octanol–water partition coefficient (Wildman–Crippen LogP) is 2.48. The van der Waals surface area contributed by atoms with Crippen molar-refractivity contribution in [2.75, 3.05) is 25.2 Å². The van der Waals surface area contributed by atoms with Gasteiger partial charge in [-0.1, -0.05) is 0 Å². The molecule has 8 nitrogen and oxygen atoms in total. The zero-order valence-electron chi connectivity index (χ0n) is 14.4. The maximum Gasteiger partial charge on any atom is 0.303 e. The molecular weight excluding hydrogens is 451 g/mol. The van der Waals surface area contributed by atoms with E-state index in [0.717, 1.165) is 14.7 Å². The maximum absolute atomic E-state index is 10.5. The molecule has 0 saturated heterocycles. The SMILES string of the molecule is COc1cc(Cc2cnc(N)nc2N)cc(I)c1OCCCCC(=O)O. The second kappa shape index (κ2) is 9.41. The zero-order chi connectivity index (χ0) is 19.1. The third kappa shape index (κ3) is 5.61. The molecule has 0 atom stereocenters. The highest BCUT2D eigenvalue weighted by molar-refractivity contribution is 14.1. The van der Waals surface area contributed by atoms with Crippen LogP contribution in [0.25, 0.3) is 0 Å². The molecule has 0 aliphatic rings. The molecule has 5 N–H and O–H groups in total. The van der Waals surface area contributed by atoms with Crippen molar-refractivity contribution >= 4 is 40.3 Å². The molecule has 2 aromatic rings. The van der Waals surface area contributed by atoms with E-state index in [4.69, 9.17) is 26.0 Å². The number of halogens is 1. The number of methoxy groups -OCH3 is 1. The lowest BCUT2D eigenvalue weighted by Gasteiger charge is -2.15. The van der Waals surface area contributed by atoms with Gasteiger partial charge in [0.15, 0.2) is 11.5 Å². The number of benzene rings is 1. The zero-order valence-corrected chi connectivity index (χ0v) is 16.5. The number of hydrogen-bond donors (Lipinski definition) is 3. The van der Waals surface area contributed by atoms with Crippen molar-refractivity contribution in [3.8, 4) is 11.5 Å². The summed E-state index contributed by atoms with van der Waals surface area (Å²) in [6.45, 7) is 0.428. The number of ether oxygens (including phenoxy) is 2. The van der Waals surface area contributed by atoms with Crippen LogP contribution < -0.4 is 20.9 Å². The molecule has 0 saturated carbocycles. The van der Waals surface area contributed by atoms with Gasteiger partial charge in [0.25, 0.3) is 0 Å². The number of anilines is 2. The topological polar surface area (TPSA) is 134 Å². The minimum atomic E-state index is -0.799. The van der Waals surface area contributed by atoms with Gasteiger partial charge < -0.3 is 26.0 Å². The molecule has 0 unspecified atom stereocenters. The number of carboxylic acid groups (broad SMARTS) is 1. The van der Waals surface area contributed by atoms with Crippen LogP contribution >= 0.6 is 22.6 Å². The van der Waals surface area contributed by atoms with Gasteiger partial charge in [-0.15, -0.1) is 0 Å². The number of carboxylic acids is 1. The van der Waals surface area contributed by atoms with Crippen LogP contribution in [-0.4, -0.2) is 34.8 Å². The van der Waals surface area contributed by atoms with Crippen molar-refractivity contribution < 1.29 is 19.4 Å². The highest BCUT2D eigenvalue weighted by atomic mass is 127. The Hall–Kier alpha value is -2.30. The molecule has 0 amide bonds. The van der Waals surface area contributed by atoms with Crippen LogP contribution in [0, 0.1) is 3.57 Å². The number of hydrogen-bond acceptors (Lipinski definition) is 7. The van der Waals surface area contributed by atoms with Crippen LogP contribution in [0.1, 0.15) is 30.4 Å². The summed E-state index contributed by atoms with van der Waals surface area (Å²) in [4.78, 5) is 18.5. The minimum absolute atomic E-state index is 0.140. The van der Waals surface area contributed by atoms with Crippen LogP contribution in [-0.2, 0) is 11.2 Å². The molecule has 9 heteroatoms. The Morgan fingerprint density at radius 2 is 2.08 bits per heavy atom. The molecule has 0 aliphatic carbocycles. The number of nitrogen functional groups attached to an aromatic ring is 2. The first-order valence-corrected chi connectivity index (χ1v) is 9.06. The van der Waals surface area contributed by atoms with Gasteiger partial charge in [0, 0.05) is 24.6 Å². The summed E-state index contributed by atoms with van der Waals surface area (Å²) in [6.07, 6.45) is 3.53. The third-order valence-corrected chi connectivity index (χ3v) is 4.43. The Morgan fingerprint density at radius 3 is 2.73 bits per heavy atom. The average molecular weight is 472 g/mol. The third-order valence-electron chi connectivity index (χ3n) is 3.63. The van der Waals surface area contributed by atoms with Gasteiger partial charge in [-0.05, 0) is 53.1 Å². The van der Waals surface area contributed by atoms with Crippen molar-refractivity contribution in [1.82, 2.24) is 9.97 Å². The van der Waals surface area contributed by atoms with Crippen molar-refractivity contribution in [3.63, 3.8) is 0 Å². The Kier molecular flexibility index (Phi) is 7.25. The summed E-state index contributed by atoms with van der Waals surface area (Å²) < 4.78 is 12.1. The molecule has 140 valence electrons. The van der Waals surface area contributed by atoms with Crippen molar-refractivity contribution in [2.45, 2.75) is 25.7 Å². The van der Waals surface area contributed by atoms with E-state index in [1.807, 2.05) is 12.1 Å². The molecule has 1 aromatic carbocycles. The van der Waals surface area contributed by atoms with Gasteiger partial charge in [0.05, 0.1) is 17.3 Å². The van der Waals surface area contributed by atoms with Gasteiger partial charge in [0.2, 0.25) is 5.95 Å². The number of carbonyl (C=O) groups is 1. The normalized spacial score (nSPS) is 10.5. The van der Waals surface area contributed by atoms with E-state index in [1.165, 1.54) is 0 Å². The molecule has 26 heavy (non-hydrogen) atoms. The summed E-state index contributed by atoms with van der Waals surface area (Å²) in [5.74, 6) is 0.955. The molecule has 0 bridgehead atoms. The van der Waals surface area contributed by atoms with Crippen molar-refractivity contribution in [1.29, 1.82) is 0 Å². The van der Waals surface area contributed by atoms with E-state index < -0.39 is 5.97 Å². The number of nitrogens with two attached hydrogens (primary N) is 2. The molecule has 0 fully saturated rings. The molecular formula is C17H21IN4O4. The standard InChI is InChI=1S/C17H21IN4O4/c1-25-13-8-10(6-11-9-21-17(20)22-16(11)19)7-12(18)15(13)26-5-3-2-4-14(23)24/h7-9H,2-6H2,1H3,(H,23,24)(H4,19,20,21,22). The van der Waals surface area contributed by atoms with Crippen LogP contribution in [0.15, 0.2) is 18.3 Å². The van der Waals surface area contributed by atoms with Crippen LogP contribution in [0.5, 0.6) is 11.5 Å². The van der Waals surface area contributed by atoms with E-state index >= 15 is 0 Å². The summed E-state index contributed by atoms with van der Waals surface area (Å²) in [5, 5.41) is 8.66. The first-order chi connectivity index (χ1) is 12.4. The van der Waals surface area contributed by atoms with E-state index in [2.05, 4.69) is 32.6 Å². The quantitative estimate of drug-likeness (QED) is 0.375. The van der Waals surface area contributed by atoms with Gasteiger partial charge in [0.1, 0.15) is 5.82 Å². The molecule has 2 rings (SSSR count). The summed E-state index contributed by atoms with van der Waals surface area (Å²) in [5.41, 5.74) is 13.2. The lowest BCUT2D eigenvalue weighted by molar-refractivity contribution is -0.137. The van der Waals surface area contributed by atoms with Crippen molar-refractivity contribution in [2.24, 2.45) is 0 Å². The molecule has 1 aromatic heterocycles. The van der Waals surface area contributed by atoms with E-state index in [0.29, 0.717) is 43.2 Å². The Balaban J connectivity index is 2.09. The lowest BCUT2D eigenvalue weighted by Crippen LogP contribution is -2.05. The van der Waals surface area contributed by atoms with Gasteiger partial charge in [-0.3, -0.25) is 4.79 Å². The van der Waals surface area contributed by atoms with Gasteiger partial charge in [-0.25, -0.2) is 4.98 Å². The minimum Gasteiger partial charge on any atom is -0.493 e.